The summed E-state index contributed by atoms with van der Waals surface area (Å²) in [6, 6.07) is 27.7. The first-order valence-electron chi connectivity index (χ1n) is 27.5. The smallest absolute Gasteiger partial charge is 0.395 e. The van der Waals surface area contributed by atoms with E-state index >= 15 is 8.78 Å². The number of carboxylic acids is 1. The second-order valence-corrected chi connectivity index (χ2v) is 22.9. The summed E-state index contributed by atoms with van der Waals surface area (Å²) in [6.07, 6.45) is 5.57. The fourth-order valence-corrected chi connectivity index (χ4v) is 12.7. The Labute approximate surface area is 473 Å². The Morgan fingerprint density at radius 3 is 1.53 bits per heavy atom. The van der Waals surface area contributed by atoms with Gasteiger partial charge in [0.1, 0.15) is 17.4 Å². The van der Waals surface area contributed by atoms with Crippen molar-refractivity contribution in [1.82, 2.24) is 24.9 Å². The molecular weight excluding hydrogens is 1140 g/mol. The van der Waals surface area contributed by atoms with Crippen LogP contribution in [0.4, 0.5) is 35.1 Å². The van der Waals surface area contributed by atoms with Crippen molar-refractivity contribution in [3.63, 3.8) is 0 Å². The summed E-state index contributed by atoms with van der Waals surface area (Å²) in [5.41, 5.74) is 1.36. The molecule has 4 aromatic carbocycles. The van der Waals surface area contributed by atoms with Crippen molar-refractivity contribution in [2.75, 3.05) is 78.6 Å². The number of piperidine rings is 9. The van der Waals surface area contributed by atoms with Crippen molar-refractivity contribution in [3.05, 3.63) is 142 Å². The molecule has 11 aliphatic rings. The monoisotopic (exact) mass is 1210 g/mol. The summed E-state index contributed by atoms with van der Waals surface area (Å²) >= 11 is 1.84. The number of hydrogen-bond acceptors (Lipinski definition) is 11. The Bertz CT molecular complexity index is 2830. The number of nitrogens with zero attached hydrogens (tertiary/aromatic N) is 4. The van der Waals surface area contributed by atoms with Crippen LogP contribution in [-0.4, -0.2) is 165 Å². The normalized spacial score (nSPS) is 28.8. The van der Waals surface area contributed by atoms with E-state index in [0.29, 0.717) is 75.5 Å². The van der Waals surface area contributed by atoms with Crippen molar-refractivity contribution < 1.29 is 74.4 Å². The summed E-state index contributed by atoms with van der Waals surface area (Å²) in [5.74, 6) is -14.0. The number of Topliss-reactive ketones (excluding diaryl/α,β-unsaturated/α-hetero) is 1. The maximum Gasteiger partial charge on any atom is 0.395 e. The molecule has 0 aliphatic carbocycles. The number of nitrogens with one attached hydrogen (secondary N) is 1. The molecule has 13 nitrogen and oxygen atoms in total. The highest BCUT2D eigenvalue weighted by atomic mass is 79.9. The van der Waals surface area contributed by atoms with Gasteiger partial charge in [0.05, 0.1) is 25.2 Å². The number of esters is 1. The second kappa shape index (κ2) is 25.6. The first-order chi connectivity index (χ1) is 38.4. The van der Waals surface area contributed by atoms with Crippen LogP contribution in [0, 0.1) is 29.4 Å². The van der Waals surface area contributed by atoms with Crippen LogP contribution in [-0.2, 0) is 36.8 Å². The lowest BCUT2D eigenvalue weighted by atomic mass is 9.71. The molecule has 6 bridgehead atoms. The Balaban J connectivity index is 0.000000146. The van der Waals surface area contributed by atoms with Crippen molar-refractivity contribution in [3.8, 4) is 0 Å². The lowest BCUT2D eigenvalue weighted by molar-refractivity contribution is -0.248. The SMILES string of the molecule is CCOC(=O)C(F)(F)Br.Fc1ccc([C@@H]2NCCc3ccccc32)cc1.O=C(N1CCc2ccccc2[C@@H]1c1ccc(F)cc1)C(F)(F)C1(O)CN2CCC1CC2.O=C(O)C(F)(F)C1(O)CN2CCC1CC2.O=C1CN2CCC1CC2. The number of ether oxygens (including phenoxy) is 1. The number of halogens is 9. The first kappa shape index (κ1) is 61.7. The zero-order valence-electron chi connectivity index (χ0n) is 44.8. The van der Waals surface area contributed by atoms with Gasteiger partial charge in [-0.1, -0.05) is 72.8 Å². The minimum absolute atomic E-state index is 0.0416. The van der Waals surface area contributed by atoms with Crippen LogP contribution in [0.5, 0.6) is 0 Å². The van der Waals surface area contributed by atoms with E-state index in [1.54, 1.807) is 4.90 Å². The summed E-state index contributed by atoms with van der Waals surface area (Å²) in [4.78, 5) is 48.3. The van der Waals surface area contributed by atoms with Crippen molar-refractivity contribution in [2.24, 2.45) is 17.8 Å². The number of rotatable bonds is 8. The standard InChI is InChI=1S/C24H25F3N2O2.C15H14FN.C9H13F2NO3.C7H11NO.C4H5BrF2O2/c25-19-7-5-17(6-8-19)21-20-4-2-1-3-16(20)9-14-29(21)22(30)24(26,27)23(31)15-28-12-10-18(23)11-13-28;16-13-7-5-12(6-8-13)15-14-4-2-1-3-11(14)9-10-17-15;10-9(11,7(13)14)8(15)5-12-3-1-6(8)2-4-12;9-7-5-8-3-1-6(7)2-4-8;1-2-9-3(8)4(5,6)7/h1-8,18,21,31H,9-15H2;1-8,15,17H,9-10H2;6,15H,1-5H2,(H,13,14);6H,1-5H2;2H2,1H3/t21-,23?;15-;;;/m00.../s1. The number of alkyl halides is 7. The average Bonchev–Trinajstić information content (AvgIpc) is 3.20. The molecule has 0 spiro atoms. The van der Waals surface area contributed by atoms with E-state index < -0.39 is 69.4 Å². The van der Waals surface area contributed by atoms with E-state index in [1.807, 2.05) is 57.2 Å². The lowest BCUT2D eigenvalue weighted by Crippen LogP contribution is -2.71. The molecule has 11 aliphatic heterocycles. The van der Waals surface area contributed by atoms with Crippen LogP contribution < -0.4 is 5.32 Å². The van der Waals surface area contributed by atoms with Gasteiger partial charge in [0.2, 0.25) is 0 Å². The highest BCUT2D eigenvalue weighted by molar-refractivity contribution is 9.10. The maximum absolute atomic E-state index is 15.7. The number of fused-ring (bicyclic) bond motifs is 11. The van der Waals surface area contributed by atoms with Crippen molar-refractivity contribution >= 4 is 39.6 Å². The zero-order chi connectivity index (χ0) is 58.5. The molecule has 1 amide bonds. The molecule has 4 N–H and O–H groups in total. The van der Waals surface area contributed by atoms with E-state index in [9.17, 15) is 55.7 Å². The number of aliphatic carboxylic acids is 1. The number of aliphatic hydroxyl groups is 2. The lowest BCUT2D eigenvalue weighted by Gasteiger charge is -2.53. The minimum atomic E-state index is -4.06. The molecule has 81 heavy (non-hydrogen) atoms. The van der Waals surface area contributed by atoms with Gasteiger partial charge in [0.15, 0.2) is 11.2 Å². The van der Waals surface area contributed by atoms with Crippen molar-refractivity contribution in [2.45, 2.75) is 98.3 Å². The molecule has 2 unspecified atom stereocenters. The van der Waals surface area contributed by atoms with E-state index in [0.717, 1.165) is 62.1 Å². The van der Waals surface area contributed by atoms with Crippen LogP contribution >= 0.6 is 15.9 Å². The Morgan fingerprint density at radius 2 is 1.11 bits per heavy atom. The molecule has 0 radical (unpaired) electrons. The van der Waals surface area contributed by atoms with Crippen LogP contribution in [0.15, 0.2) is 97.1 Å². The number of ketones is 1. The van der Waals surface area contributed by atoms with Gasteiger partial charge < -0.3 is 40.1 Å². The summed E-state index contributed by atoms with van der Waals surface area (Å²) in [5, 5.41) is 32.9. The van der Waals surface area contributed by atoms with E-state index in [2.05, 4.69) is 39.2 Å². The van der Waals surface area contributed by atoms with Gasteiger partial charge in [-0.3, -0.25) is 14.5 Å². The number of amides is 1. The molecular formula is C59H68BrF8N5O8. The van der Waals surface area contributed by atoms with Gasteiger partial charge in [-0.15, -0.1) is 0 Å². The summed E-state index contributed by atoms with van der Waals surface area (Å²) in [6.45, 7) is 7.81. The topological polar surface area (TPSA) is 163 Å². The van der Waals surface area contributed by atoms with Crippen LogP contribution in [0.1, 0.15) is 90.9 Å². The number of carboxylic acid groups (broad SMARTS) is 1. The van der Waals surface area contributed by atoms with Gasteiger partial charge in [-0.2, -0.15) is 26.3 Å². The third-order valence-electron chi connectivity index (χ3n) is 17.1. The molecule has 11 heterocycles. The minimum Gasteiger partial charge on any atom is -0.477 e. The highest BCUT2D eigenvalue weighted by Gasteiger charge is 2.67. The molecule has 4 aromatic rings. The van der Waals surface area contributed by atoms with Gasteiger partial charge in [0, 0.05) is 48.0 Å². The van der Waals surface area contributed by atoms with E-state index in [1.165, 1.54) is 59.3 Å². The quantitative estimate of drug-likeness (QED) is 0.0758. The first-order valence-corrected chi connectivity index (χ1v) is 28.3. The van der Waals surface area contributed by atoms with Crippen LogP contribution in [0.25, 0.3) is 0 Å². The predicted octanol–water partition coefficient (Wildman–Crippen LogP) is 8.43. The van der Waals surface area contributed by atoms with Gasteiger partial charge >= 0.3 is 28.6 Å². The maximum atomic E-state index is 15.7. The number of hydrogen-bond donors (Lipinski definition) is 4. The van der Waals surface area contributed by atoms with Crippen LogP contribution in [0.3, 0.4) is 0 Å². The third kappa shape index (κ3) is 13.5. The largest absolute Gasteiger partial charge is 0.477 e. The molecule has 15 rings (SSSR count). The van der Waals surface area contributed by atoms with Gasteiger partial charge in [-0.25, -0.2) is 18.4 Å². The Kier molecular flexibility index (Phi) is 19.5. The summed E-state index contributed by atoms with van der Waals surface area (Å²) < 4.78 is 112. The van der Waals surface area contributed by atoms with E-state index in [-0.39, 0.29) is 38.1 Å². The van der Waals surface area contributed by atoms with Crippen LogP contribution in [0.2, 0.25) is 0 Å². The number of benzene rings is 4. The Hall–Kier alpha value is -5.36. The fraction of sp³-hybridized carbons (Fsp3) is 0.525. The average molecular weight is 1210 g/mol. The Morgan fingerprint density at radius 1 is 0.642 bits per heavy atom. The molecule has 0 aromatic heterocycles. The molecule has 440 valence electrons. The fourth-order valence-electron chi connectivity index (χ4n) is 12.6. The molecule has 22 heteroatoms. The second-order valence-electron chi connectivity index (χ2n) is 21.9. The number of carbonyl (C=O) groups is 4. The summed E-state index contributed by atoms with van der Waals surface area (Å²) in [7, 11) is 0. The zero-order valence-corrected chi connectivity index (χ0v) is 46.4. The molecule has 9 fully saturated rings. The predicted molar refractivity (Wildman–Crippen MR) is 287 cm³/mol. The number of carbonyl (C=O) groups excluding carboxylic acids is 3. The molecule has 0 saturated carbocycles. The van der Waals surface area contributed by atoms with E-state index in [4.69, 9.17) is 5.11 Å². The molecule has 4 atom stereocenters. The van der Waals surface area contributed by atoms with Crippen molar-refractivity contribution in [1.29, 1.82) is 0 Å². The third-order valence-corrected chi connectivity index (χ3v) is 17.4. The van der Waals surface area contributed by atoms with Gasteiger partial charge in [-0.05, 0) is 167 Å². The molecule has 9 saturated heterocycles. The van der Waals surface area contributed by atoms with Gasteiger partial charge in [0.25, 0.3) is 5.91 Å². The highest BCUT2D eigenvalue weighted by Crippen LogP contribution is 2.48.